The number of hydrogen-bond acceptors (Lipinski definition) is 4. The maximum Gasteiger partial charge on any atom is 0.267 e. The molecular weight excluding hydrogens is 361 g/mol. The molecule has 1 aromatic heterocycles. The van der Waals surface area contributed by atoms with Crippen LogP contribution in [-0.4, -0.2) is 34.7 Å². The van der Waals surface area contributed by atoms with Gasteiger partial charge in [-0.25, -0.2) is 4.98 Å². The molecule has 1 saturated heterocycles. The summed E-state index contributed by atoms with van der Waals surface area (Å²) in [6.45, 7) is 3.09. The van der Waals surface area contributed by atoms with Gasteiger partial charge in [-0.3, -0.25) is 14.2 Å². The molecule has 6 nitrogen and oxygen atoms in total. The van der Waals surface area contributed by atoms with Crippen LogP contribution in [0.2, 0.25) is 0 Å². The topological polar surface area (TPSA) is 73.2 Å². The second-order valence-electron chi connectivity index (χ2n) is 4.50. The summed E-state index contributed by atoms with van der Waals surface area (Å²) in [7, 11) is 0. The average Bonchev–Trinajstić information content (AvgIpc) is 2.40. The highest BCUT2D eigenvalue weighted by atomic mass is 127. The molecule has 0 saturated carbocycles. The standard InChI is InChI=1S/C12H16IN3O3/c1-8-14-6-10(13)12(18)16(8)7-11(17)15-9-2-4-19-5-3-9/h6,9H,2-5,7H2,1H3,(H,15,17). The van der Waals surface area contributed by atoms with Crippen LogP contribution in [0.5, 0.6) is 0 Å². The van der Waals surface area contributed by atoms with Crippen LogP contribution in [-0.2, 0) is 16.1 Å². The minimum atomic E-state index is -0.171. The quantitative estimate of drug-likeness (QED) is 0.777. The Morgan fingerprint density at radius 1 is 1.58 bits per heavy atom. The van der Waals surface area contributed by atoms with Crippen LogP contribution in [0.15, 0.2) is 11.0 Å². The molecule has 104 valence electrons. The second kappa shape index (κ2) is 6.47. The number of rotatable bonds is 3. The number of nitrogens with zero attached hydrogens (tertiary/aromatic N) is 2. The summed E-state index contributed by atoms with van der Waals surface area (Å²) in [5, 5.41) is 2.93. The van der Waals surface area contributed by atoms with Crippen LogP contribution in [0.1, 0.15) is 18.7 Å². The van der Waals surface area contributed by atoms with Gasteiger partial charge >= 0.3 is 0 Å². The van der Waals surface area contributed by atoms with Crippen molar-refractivity contribution in [3.8, 4) is 0 Å². The van der Waals surface area contributed by atoms with E-state index in [1.807, 2.05) is 22.6 Å². The fourth-order valence-electron chi connectivity index (χ4n) is 2.00. The number of carbonyl (C=O) groups excluding carboxylic acids is 1. The van der Waals surface area contributed by atoms with Crippen LogP contribution < -0.4 is 10.9 Å². The molecule has 1 N–H and O–H groups in total. The molecule has 0 aliphatic carbocycles. The maximum absolute atomic E-state index is 12.0. The third-order valence-electron chi connectivity index (χ3n) is 3.09. The highest BCUT2D eigenvalue weighted by Crippen LogP contribution is 2.06. The molecule has 2 heterocycles. The molecular formula is C12H16IN3O3. The first-order valence-corrected chi connectivity index (χ1v) is 7.25. The zero-order valence-electron chi connectivity index (χ0n) is 10.7. The number of aryl methyl sites for hydroxylation is 1. The van der Waals surface area contributed by atoms with Gasteiger partial charge in [0.25, 0.3) is 5.56 Å². The van der Waals surface area contributed by atoms with Gasteiger partial charge < -0.3 is 10.1 Å². The van der Waals surface area contributed by atoms with E-state index in [1.165, 1.54) is 10.8 Å². The SMILES string of the molecule is Cc1ncc(I)c(=O)n1CC(=O)NC1CCOCC1. The highest BCUT2D eigenvalue weighted by Gasteiger charge is 2.17. The van der Waals surface area contributed by atoms with Crippen LogP contribution in [0.4, 0.5) is 0 Å². The molecule has 1 aliphatic heterocycles. The Balaban J connectivity index is 2.02. The van der Waals surface area contributed by atoms with E-state index >= 15 is 0 Å². The highest BCUT2D eigenvalue weighted by molar-refractivity contribution is 14.1. The Morgan fingerprint density at radius 3 is 2.95 bits per heavy atom. The van der Waals surface area contributed by atoms with E-state index in [9.17, 15) is 9.59 Å². The molecule has 0 spiro atoms. The van der Waals surface area contributed by atoms with Gasteiger partial charge in [-0.2, -0.15) is 0 Å². The first-order valence-electron chi connectivity index (χ1n) is 6.17. The van der Waals surface area contributed by atoms with Crippen LogP contribution >= 0.6 is 22.6 Å². The number of amides is 1. The normalized spacial score (nSPS) is 16.3. The summed E-state index contributed by atoms with van der Waals surface area (Å²) in [5.41, 5.74) is -0.171. The lowest BCUT2D eigenvalue weighted by molar-refractivity contribution is -0.123. The third-order valence-corrected chi connectivity index (χ3v) is 3.83. The van der Waals surface area contributed by atoms with Crippen molar-refractivity contribution in [1.29, 1.82) is 0 Å². The summed E-state index contributed by atoms with van der Waals surface area (Å²) in [6.07, 6.45) is 3.17. The summed E-state index contributed by atoms with van der Waals surface area (Å²) in [6, 6.07) is 0.146. The van der Waals surface area contributed by atoms with Gasteiger partial charge in [0.15, 0.2) is 0 Å². The molecule has 1 fully saturated rings. The van der Waals surface area contributed by atoms with E-state index in [-0.39, 0.29) is 24.1 Å². The molecule has 0 aromatic carbocycles. The molecule has 0 unspecified atom stereocenters. The van der Waals surface area contributed by atoms with Crippen molar-refractivity contribution in [2.24, 2.45) is 0 Å². The van der Waals surface area contributed by atoms with Crippen molar-refractivity contribution in [3.05, 3.63) is 25.9 Å². The largest absolute Gasteiger partial charge is 0.381 e. The Bertz CT molecular complexity index is 523. The second-order valence-corrected chi connectivity index (χ2v) is 5.66. The van der Waals surface area contributed by atoms with Gasteiger partial charge in [-0.1, -0.05) is 0 Å². The number of nitrogens with one attached hydrogen (secondary N) is 1. The van der Waals surface area contributed by atoms with Crippen molar-refractivity contribution in [3.63, 3.8) is 0 Å². The van der Waals surface area contributed by atoms with E-state index in [0.29, 0.717) is 22.6 Å². The minimum Gasteiger partial charge on any atom is -0.381 e. The van der Waals surface area contributed by atoms with Crippen molar-refractivity contribution in [1.82, 2.24) is 14.9 Å². The first-order chi connectivity index (χ1) is 9.08. The Labute approximate surface area is 124 Å². The van der Waals surface area contributed by atoms with Gasteiger partial charge in [0.05, 0.1) is 3.57 Å². The summed E-state index contributed by atoms with van der Waals surface area (Å²) >= 11 is 1.92. The van der Waals surface area contributed by atoms with Crippen molar-refractivity contribution < 1.29 is 9.53 Å². The summed E-state index contributed by atoms with van der Waals surface area (Å²) < 4.78 is 7.15. The zero-order chi connectivity index (χ0) is 13.8. The lowest BCUT2D eigenvalue weighted by Crippen LogP contribution is -2.42. The average molecular weight is 377 g/mol. The number of carbonyl (C=O) groups is 1. The van der Waals surface area contributed by atoms with E-state index in [1.54, 1.807) is 6.92 Å². The van der Waals surface area contributed by atoms with Crippen molar-refractivity contribution in [2.75, 3.05) is 13.2 Å². The van der Waals surface area contributed by atoms with Gasteiger partial charge in [0.1, 0.15) is 12.4 Å². The molecule has 19 heavy (non-hydrogen) atoms. The number of halogens is 1. The van der Waals surface area contributed by atoms with E-state index in [4.69, 9.17) is 4.74 Å². The van der Waals surface area contributed by atoms with Gasteiger partial charge in [0, 0.05) is 25.5 Å². The van der Waals surface area contributed by atoms with E-state index in [0.717, 1.165) is 12.8 Å². The van der Waals surface area contributed by atoms with Gasteiger partial charge in [0.2, 0.25) is 5.91 Å². The lowest BCUT2D eigenvalue weighted by Gasteiger charge is -2.23. The predicted molar refractivity (Wildman–Crippen MR) is 77.9 cm³/mol. The molecule has 0 radical (unpaired) electrons. The van der Waals surface area contributed by atoms with E-state index in [2.05, 4.69) is 10.3 Å². The summed E-state index contributed by atoms with van der Waals surface area (Å²) in [4.78, 5) is 28.0. The van der Waals surface area contributed by atoms with Crippen molar-refractivity contribution in [2.45, 2.75) is 32.4 Å². The Hall–Kier alpha value is -0.960. The molecule has 1 aliphatic rings. The Kier molecular flexibility index (Phi) is 4.92. The monoisotopic (exact) mass is 377 g/mol. The van der Waals surface area contributed by atoms with E-state index < -0.39 is 0 Å². The van der Waals surface area contributed by atoms with Crippen LogP contribution in [0, 0.1) is 10.5 Å². The zero-order valence-corrected chi connectivity index (χ0v) is 12.8. The fraction of sp³-hybridized carbons (Fsp3) is 0.583. The van der Waals surface area contributed by atoms with Gasteiger partial charge in [-0.15, -0.1) is 0 Å². The van der Waals surface area contributed by atoms with Crippen molar-refractivity contribution >= 4 is 28.5 Å². The smallest absolute Gasteiger partial charge is 0.267 e. The molecule has 7 heteroatoms. The first kappa shape index (κ1) is 14.4. The van der Waals surface area contributed by atoms with Crippen LogP contribution in [0.3, 0.4) is 0 Å². The van der Waals surface area contributed by atoms with Crippen LogP contribution in [0.25, 0.3) is 0 Å². The summed E-state index contributed by atoms with van der Waals surface area (Å²) in [5.74, 6) is 0.397. The molecule has 0 bridgehead atoms. The number of aromatic nitrogens is 2. The Morgan fingerprint density at radius 2 is 2.26 bits per heavy atom. The molecule has 1 amide bonds. The number of ether oxygens (including phenoxy) is 1. The minimum absolute atomic E-state index is 0.0197. The lowest BCUT2D eigenvalue weighted by atomic mass is 10.1. The fourth-order valence-corrected chi connectivity index (χ4v) is 2.43. The molecule has 2 rings (SSSR count). The number of hydrogen-bond donors (Lipinski definition) is 1. The third kappa shape index (κ3) is 3.75. The molecule has 1 aromatic rings. The van der Waals surface area contributed by atoms with Gasteiger partial charge in [-0.05, 0) is 42.4 Å². The molecule has 0 atom stereocenters. The predicted octanol–water partition coefficient (Wildman–Crippen LogP) is 0.452. The maximum atomic E-state index is 12.0.